The van der Waals surface area contributed by atoms with E-state index in [1.165, 1.54) is 0 Å². The Kier molecular flexibility index (Phi) is 6.08. The Labute approximate surface area is 95.9 Å². The van der Waals surface area contributed by atoms with Crippen LogP contribution < -0.4 is 5.73 Å². The Morgan fingerprint density at radius 3 is 2.47 bits per heavy atom. The predicted molar refractivity (Wildman–Crippen MR) is 60.1 cm³/mol. The predicted octanol–water partition coefficient (Wildman–Crippen LogP) is 0.577. The molecule has 0 amide bonds. The van der Waals surface area contributed by atoms with Crippen molar-refractivity contribution in [1.29, 1.82) is 5.41 Å². The third kappa shape index (κ3) is 3.95. The summed E-state index contributed by atoms with van der Waals surface area (Å²) in [6, 6.07) is 0. The molecule has 6 heteroatoms. The van der Waals surface area contributed by atoms with Gasteiger partial charge in [-0.15, -0.1) is 12.4 Å². The quantitative estimate of drug-likeness (QED) is 0.417. The van der Waals surface area contributed by atoms with Gasteiger partial charge in [0.25, 0.3) is 0 Å². The Bertz CT molecular complexity index is 227. The fourth-order valence-corrected chi connectivity index (χ4v) is 1.62. The maximum Gasteiger partial charge on any atom is 0.309 e. The number of nitrogens with one attached hydrogen (secondary N) is 1. The first kappa shape index (κ1) is 14.0. The number of hydrogen-bond donors (Lipinski definition) is 2. The van der Waals surface area contributed by atoms with E-state index < -0.39 is 0 Å². The van der Waals surface area contributed by atoms with E-state index in [0.29, 0.717) is 19.7 Å². The van der Waals surface area contributed by atoms with Gasteiger partial charge in [0, 0.05) is 13.1 Å². The molecule has 0 radical (unpaired) electrons. The molecule has 0 aromatic rings. The van der Waals surface area contributed by atoms with E-state index in [0.717, 1.165) is 12.8 Å². The average Bonchev–Trinajstić information content (AvgIpc) is 2.18. The minimum atomic E-state index is -0.115. The normalized spacial score (nSPS) is 16.7. The first-order valence-corrected chi connectivity index (χ1v) is 4.90. The van der Waals surface area contributed by atoms with E-state index in [4.69, 9.17) is 15.9 Å². The monoisotopic (exact) mass is 235 g/mol. The summed E-state index contributed by atoms with van der Waals surface area (Å²) >= 11 is 0. The van der Waals surface area contributed by atoms with Crippen molar-refractivity contribution in [2.75, 3.05) is 19.7 Å². The Hall–Kier alpha value is -0.970. The molecule has 1 rings (SSSR count). The largest absolute Gasteiger partial charge is 0.466 e. The van der Waals surface area contributed by atoms with Gasteiger partial charge in [-0.2, -0.15) is 0 Å². The van der Waals surface area contributed by atoms with Gasteiger partial charge in [-0.3, -0.25) is 10.2 Å². The summed E-state index contributed by atoms with van der Waals surface area (Å²) in [5.41, 5.74) is 5.34. The molecule has 5 nitrogen and oxygen atoms in total. The molecule has 88 valence electrons. The fraction of sp³-hybridized carbons (Fsp3) is 0.778. The van der Waals surface area contributed by atoms with Crippen LogP contribution in [0.3, 0.4) is 0 Å². The number of carbonyl (C=O) groups is 1. The molecule has 0 aromatic carbocycles. The van der Waals surface area contributed by atoms with Gasteiger partial charge in [0.1, 0.15) is 0 Å². The third-order valence-corrected chi connectivity index (χ3v) is 2.46. The number of rotatable bonds is 2. The van der Waals surface area contributed by atoms with E-state index in [2.05, 4.69) is 0 Å². The number of carbonyl (C=O) groups excluding carboxylic acids is 1. The zero-order valence-corrected chi connectivity index (χ0v) is 9.68. The van der Waals surface area contributed by atoms with Gasteiger partial charge in [-0.25, -0.2) is 0 Å². The fourth-order valence-electron chi connectivity index (χ4n) is 1.62. The Morgan fingerprint density at radius 1 is 1.53 bits per heavy atom. The molecule has 1 aliphatic heterocycles. The second-order valence-corrected chi connectivity index (χ2v) is 3.40. The lowest BCUT2D eigenvalue weighted by Gasteiger charge is -2.30. The molecule has 1 heterocycles. The van der Waals surface area contributed by atoms with Crippen molar-refractivity contribution in [2.24, 2.45) is 11.7 Å². The Morgan fingerprint density at radius 2 is 2.07 bits per heavy atom. The lowest BCUT2D eigenvalue weighted by Crippen LogP contribution is -2.43. The van der Waals surface area contributed by atoms with Crippen LogP contribution in [-0.4, -0.2) is 36.5 Å². The standard InChI is InChI=1S/C9H17N3O2.ClH/c1-2-14-8(13)7-3-5-12(6-4-7)9(10)11;/h7H,2-6H2,1H3,(H3,10,11);1H. The first-order valence-electron chi connectivity index (χ1n) is 4.90. The van der Waals surface area contributed by atoms with Crippen molar-refractivity contribution < 1.29 is 9.53 Å². The van der Waals surface area contributed by atoms with Crippen LogP contribution in [0.5, 0.6) is 0 Å². The van der Waals surface area contributed by atoms with Crippen molar-refractivity contribution >= 4 is 24.3 Å². The number of halogens is 1. The van der Waals surface area contributed by atoms with Crippen LogP contribution in [0, 0.1) is 11.3 Å². The Balaban J connectivity index is 0.00000196. The lowest BCUT2D eigenvalue weighted by atomic mass is 9.97. The number of ether oxygens (including phenoxy) is 1. The molecule has 0 unspecified atom stereocenters. The van der Waals surface area contributed by atoms with Crippen molar-refractivity contribution in [3.05, 3.63) is 0 Å². The molecule has 0 spiro atoms. The first-order chi connectivity index (χ1) is 6.65. The van der Waals surface area contributed by atoms with E-state index >= 15 is 0 Å². The van der Waals surface area contributed by atoms with Crippen LogP contribution in [0.4, 0.5) is 0 Å². The number of nitrogens with zero attached hydrogens (tertiary/aromatic N) is 1. The smallest absolute Gasteiger partial charge is 0.309 e. The molecule has 1 saturated heterocycles. The maximum absolute atomic E-state index is 11.3. The number of guanidine groups is 1. The maximum atomic E-state index is 11.3. The summed E-state index contributed by atoms with van der Waals surface area (Å²) in [5, 5.41) is 7.23. The minimum Gasteiger partial charge on any atom is -0.466 e. The topological polar surface area (TPSA) is 79.4 Å². The number of likely N-dealkylation sites (tertiary alicyclic amines) is 1. The third-order valence-electron chi connectivity index (χ3n) is 2.46. The molecule has 0 bridgehead atoms. The molecule has 1 fully saturated rings. The van der Waals surface area contributed by atoms with Crippen LogP contribution in [0.2, 0.25) is 0 Å². The van der Waals surface area contributed by atoms with Crippen LogP contribution >= 0.6 is 12.4 Å². The second kappa shape index (κ2) is 6.50. The molecule has 1 aliphatic rings. The number of piperidine rings is 1. The van der Waals surface area contributed by atoms with Gasteiger partial charge >= 0.3 is 5.97 Å². The molecular formula is C9H18ClN3O2. The molecule has 15 heavy (non-hydrogen) atoms. The highest BCUT2D eigenvalue weighted by atomic mass is 35.5. The number of hydrogen-bond acceptors (Lipinski definition) is 3. The zero-order valence-electron chi connectivity index (χ0n) is 8.86. The highest BCUT2D eigenvalue weighted by molar-refractivity contribution is 5.85. The molecule has 0 saturated carbocycles. The van der Waals surface area contributed by atoms with E-state index in [-0.39, 0.29) is 30.3 Å². The van der Waals surface area contributed by atoms with E-state index in [9.17, 15) is 4.79 Å². The highest BCUT2D eigenvalue weighted by Crippen LogP contribution is 2.17. The summed E-state index contributed by atoms with van der Waals surface area (Å²) < 4.78 is 4.93. The van der Waals surface area contributed by atoms with Crippen LogP contribution in [0.25, 0.3) is 0 Å². The summed E-state index contributed by atoms with van der Waals surface area (Å²) in [5.74, 6) is -0.0337. The van der Waals surface area contributed by atoms with Gasteiger partial charge in [0.05, 0.1) is 12.5 Å². The van der Waals surface area contributed by atoms with Crippen LogP contribution in [0.1, 0.15) is 19.8 Å². The zero-order chi connectivity index (χ0) is 10.6. The number of esters is 1. The van der Waals surface area contributed by atoms with E-state index in [1.54, 1.807) is 4.90 Å². The molecule has 0 aromatic heterocycles. The van der Waals surface area contributed by atoms with Crippen molar-refractivity contribution in [2.45, 2.75) is 19.8 Å². The highest BCUT2D eigenvalue weighted by Gasteiger charge is 2.26. The van der Waals surface area contributed by atoms with Gasteiger partial charge in [0.2, 0.25) is 0 Å². The number of nitrogens with two attached hydrogens (primary N) is 1. The lowest BCUT2D eigenvalue weighted by molar-refractivity contribution is -0.149. The second-order valence-electron chi connectivity index (χ2n) is 3.40. The van der Waals surface area contributed by atoms with Crippen molar-refractivity contribution in [3.8, 4) is 0 Å². The van der Waals surface area contributed by atoms with Crippen molar-refractivity contribution in [3.63, 3.8) is 0 Å². The minimum absolute atomic E-state index is 0. The molecule has 3 N–H and O–H groups in total. The summed E-state index contributed by atoms with van der Waals surface area (Å²) in [4.78, 5) is 13.1. The summed E-state index contributed by atoms with van der Waals surface area (Å²) in [6.07, 6.45) is 1.47. The van der Waals surface area contributed by atoms with Gasteiger partial charge in [-0.1, -0.05) is 0 Å². The molecule has 0 aliphatic carbocycles. The van der Waals surface area contributed by atoms with Gasteiger partial charge in [-0.05, 0) is 19.8 Å². The molecular weight excluding hydrogens is 218 g/mol. The SMILES string of the molecule is CCOC(=O)C1CCN(C(=N)N)CC1.Cl. The van der Waals surface area contributed by atoms with Gasteiger partial charge < -0.3 is 15.4 Å². The van der Waals surface area contributed by atoms with Crippen LogP contribution in [-0.2, 0) is 9.53 Å². The van der Waals surface area contributed by atoms with Crippen LogP contribution in [0.15, 0.2) is 0 Å². The summed E-state index contributed by atoms with van der Waals surface area (Å²) in [6.45, 7) is 3.60. The average molecular weight is 236 g/mol. The molecule has 0 atom stereocenters. The van der Waals surface area contributed by atoms with Crippen molar-refractivity contribution in [1.82, 2.24) is 4.90 Å². The van der Waals surface area contributed by atoms with E-state index in [1.807, 2.05) is 6.92 Å². The van der Waals surface area contributed by atoms with Gasteiger partial charge in [0.15, 0.2) is 5.96 Å². The summed E-state index contributed by atoms with van der Waals surface area (Å²) in [7, 11) is 0.